The topological polar surface area (TPSA) is 111 Å². The van der Waals surface area contributed by atoms with Crippen LogP contribution in [-0.4, -0.2) is 46.7 Å². The number of nitrogens with zero attached hydrogens (tertiary/aromatic N) is 4. The van der Waals surface area contributed by atoms with E-state index in [2.05, 4.69) is 21.4 Å². The molecule has 0 saturated heterocycles. The number of ether oxygens (including phenoxy) is 3. The van der Waals surface area contributed by atoms with Crippen LogP contribution in [0.3, 0.4) is 0 Å². The highest BCUT2D eigenvalue weighted by Crippen LogP contribution is 2.37. The van der Waals surface area contributed by atoms with Crippen molar-refractivity contribution in [2.45, 2.75) is 36.9 Å². The molecule has 2 heterocycles. The van der Waals surface area contributed by atoms with Crippen LogP contribution in [0.25, 0.3) is 10.9 Å². The van der Waals surface area contributed by atoms with E-state index in [0.29, 0.717) is 65.5 Å². The fourth-order valence-corrected chi connectivity index (χ4v) is 4.83. The summed E-state index contributed by atoms with van der Waals surface area (Å²) in [5.41, 5.74) is 2.76. The summed E-state index contributed by atoms with van der Waals surface area (Å²) in [5, 5.41) is 14.6. The highest BCUT2D eigenvalue weighted by Gasteiger charge is 2.17. The van der Waals surface area contributed by atoms with Gasteiger partial charge in [-0.15, -0.1) is 11.6 Å². The molecule has 39 heavy (non-hydrogen) atoms. The zero-order valence-corrected chi connectivity index (χ0v) is 23.4. The number of carbonyl (C=O) groups is 1. The zero-order valence-electron chi connectivity index (χ0n) is 21.9. The van der Waals surface area contributed by atoms with Crippen LogP contribution < -0.4 is 14.8 Å². The molecule has 0 radical (unpaired) electrons. The molecular formula is C28H28ClN5O4S. The number of fused-ring (bicyclic) bond motifs is 1. The number of nitrogens with one attached hydrogen (secondary N) is 1. The zero-order chi connectivity index (χ0) is 27.8. The first-order valence-electron chi connectivity index (χ1n) is 12.4. The number of hydrogen-bond donors (Lipinski definition) is 1. The molecule has 0 aliphatic carbocycles. The van der Waals surface area contributed by atoms with Crippen LogP contribution in [0.5, 0.6) is 11.5 Å². The molecule has 1 N–H and O–H groups in total. The highest BCUT2D eigenvalue weighted by molar-refractivity contribution is 7.99. The van der Waals surface area contributed by atoms with Crippen molar-refractivity contribution in [3.8, 4) is 17.6 Å². The SMILES string of the molecule is CCOC(=O)c1cn(CC)c(Sc2ccc(Nc3c(C#N)cnc4cc(OCCCCl)c(OC)cc34)cc2)n1. The Labute approximate surface area is 236 Å². The predicted molar refractivity (Wildman–Crippen MR) is 152 cm³/mol. The van der Waals surface area contributed by atoms with Crippen molar-refractivity contribution < 1.29 is 19.0 Å². The van der Waals surface area contributed by atoms with Gasteiger partial charge in [-0.2, -0.15) is 5.26 Å². The first kappa shape index (κ1) is 28.1. The van der Waals surface area contributed by atoms with Crippen molar-refractivity contribution in [2.24, 2.45) is 0 Å². The molecule has 0 fully saturated rings. The lowest BCUT2D eigenvalue weighted by Gasteiger charge is -2.15. The summed E-state index contributed by atoms with van der Waals surface area (Å²) in [4.78, 5) is 21.9. The van der Waals surface area contributed by atoms with Crippen LogP contribution in [0.15, 0.2) is 58.8 Å². The third-order valence-corrected chi connectivity index (χ3v) is 6.99. The molecule has 2 aromatic carbocycles. The normalized spacial score (nSPS) is 10.7. The van der Waals surface area contributed by atoms with E-state index in [9.17, 15) is 10.1 Å². The first-order chi connectivity index (χ1) is 19.0. The van der Waals surface area contributed by atoms with Crippen LogP contribution in [0.4, 0.5) is 11.4 Å². The van der Waals surface area contributed by atoms with Gasteiger partial charge in [0.15, 0.2) is 22.3 Å². The van der Waals surface area contributed by atoms with Crippen molar-refractivity contribution in [3.63, 3.8) is 0 Å². The van der Waals surface area contributed by atoms with Gasteiger partial charge >= 0.3 is 5.97 Å². The van der Waals surface area contributed by atoms with E-state index >= 15 is 0 Å². The maximum absolute atomic E-state index is 12.1. The number of carbonyl (C=O) groups excluding carboxylic acids is 1. The summed E-state index contributed by atoms with van der Waals surface area (Å²) in [5.74, 6) is 1.17. The van der Waals surface area contributed by atoms with Crippen molar-refractivity contribution >= 4 is 51.6 Å². The van der Waals surface area contributed by atoms with Gasteiger partial charge in [-0.1, -0.05) is 11.8 Å². The van der Waals surface area contributed by atoms with Gasteiger partial charge in [-0.3, -0.25) is 4.98 Å². The summed E-state index contributed by atoms with van der Waals surface area (Å²) >= 11 is 7.22. The number of hydrogen-bond acceptors (Lipinski definition) is 9. The van der Waals surface area contributed by atoms with Gasteiger partial charge in [0.2, 0.25) is 0 Å². The molecule has 0 aliphatic heterocycles. The minimum Gasteiger partial charge on any atom is -0.493 e. The fraction of sp³-hybridized carbons (Fsp3) is 0.286. The van der Waals surface area contributed by atoms with E-state index in [4.69, 9.17) is 25.8 Å². The van der Waals surface area contributed by atoms with Crippen molar-refractivity contribution in [1.82, 2.24) is 14.5 Å². The average molecular weight is 566 g/mol. The summed E-state index contributed by atoms with van der Waals surface area (Å²) < 4.78 is 18.4. The number of aryl methyl sites for hydroxylation is 1. The number of pyridine rings is 1. The molecule has 0 aliphatic rings. The Kier molecular flexibility index (Phi) is 9.52. The Morgan fingerprint density at radius 3 is 2.67 bits per heavy atom. The van der Waals surface area contributed by atoms with Crippen molar-refractivity contribution in [2.75, 3.05) is 31.5 Å². The lowest BCUT2D eigenvalue weighted by Crippen LogP contribution is -2.04. The molecule has 9 nitrogen and oxygen atoms in total. The fourth-order valence-electron chi connectivity index (χ4n) is 3.79. The van der Waals surface area contributed by atoms with Gasteiger partial charge in [0.05, 0.1) is 37.1 Å². The summed E-state index contributed by atoms with van der Waals surface area (Å²) in [6, 6.07) is 13.6. The minimum atomic E-state index is -0.436. The van der Waals surface area contributed by atoms with E-state index in [0.717, 1.165) is 16.0 Å². The number of benzene rings is 2. The number of anilines is 2. The second-order valence-electron chi connectivity index (χ2n) is 8.24. The Bertz CT molecular complexity index is 1500. The largest absolute Gasteiger partial charge is 0.493 e. The van der Waals surface area contributed by atoms with Gasteiger partial charge in [-0.25, -0.2) is 9.78 Å². The van der Waals surface area contributed by atoms with E-state index in [1.807, 2.05) is 41.8 Å². The molecule has 0 unspecified atom stereocenters. The number of alkyl halides is 1. The molecular weight excluding hydrogens is 538 g/mol. The second kappa shape index (κ2) is 13.2. The number of nitriles is 1. The van der Waals surface area contributed by atoms with Crippen LogP contribution >= 0.6 is 23.4 Å². The van der Waals surface area contributed by atoms with E-state index in [-0.39, 0.29) is 5.69 Å². The van der Waals surface area contributed by atoms with E-state index in [1.165, 1.54) is 18.0 Å². The quantitative estimate of drug-likeness (QED) is 0.118. The molecule has 4 aromatic rings. The standard InChI is InChI=1S/C28H28ClN5O4S/c1-4-34-17-23(27(35)37-5-2)33-28(34)39-20-9-7-19(8-10-20)32-26-18(15-30)16-31-22-14-25(38-12-6-11-29)24(36-3)13-21(22)26/h7-10,13-14,16-17H,4-6,11-12H2,1-3H3,(H,31,32). The third-order valence-electron chi connectivity index (χ3n) is 5.71. The molecule has 0 spiro atoms. The third kappa shape index (κ3) is 6.56. The van der Waals surface area contributed by atoms with Gasteiger partial charge in [0.25, 0.3) is 0 Å². The summed E-state index contributed by atoms with van der Waals surface area (Å²) in [7, 11) is 1.57. The minimum absolute atomic E-state index is 0.288. The van der Waals surface area contributed by atoms with Crippen molar-refractivity contribution in [1.29, 1.82) is 5.26 Å². The summed E-state index contributed by atoms with van der Waals surface area (Å²) in [6.07, 6.45) is 3.95. The van der Waals surface area contributed by atoms with Crippen molar-refractivity contribution in [3.05, 3.63) is 60.0 Å². The van der Waals surface area contributed by atoms with Crippen LogP contribution in [-0.2, 0) is 11.3 Å². The lowest BCUT2D eigenvalue weighted by molar-refractivity contribution is 0.0519. The van der Waals surface area contributed by atoms with Gasteiger partial charge in [0, 0.05) is 46.9 Å². The van der Waals surface area contributed by atoms with Crippen LogP contribution in [0.1, 0.15) is 36.3 Å². The summed E-state index contributed by atoms with van der Waals surface area (Å²) in [6.45, 7) is 5.18. The predicted octanol–water partition coefficient (Wildman–Crippen LogP) is 6.41. The number of imidazole rings is 1. The second-order valence-corrected chi connectivity index (χ2v) is 9.66. The number of halogens is 1. The maximum Gasteiger partial charge on any atom is 0.358 e. The smallest absolute Gasteiger partial charge is 0.358 e. The molecule has 0 atom stereocenters. The number of esters is 1. The first-order valence-corrected chi connectivity index (χ1v) is 13.7. The monoisotopic (exact) mass is 565 g/mol. The Morgan fingerprint density at radius 2 is 2.00 bits per heavy atom. The lowest BCUT2D eigenvalue weighted by atomic mass is 10.1. The van der Waals surface area contributed by atoms with Gasteiger partial charge < -0.3 is 24.1 Å². The molecule has 4 rings (SSSR count). The molecule has 202 valence electrons. The number of rotatable bonds is 12. The molecule has 0 saturated carbocycles. The molecule has 0 amide bonds. The molecule has 11 heteroatoms. The van der Waals surface area contributed by atoms with Crippen LogP contribution in [0, 0.1) is 11.3 Å². The number of methoxy groups -OCH3 is 1. The Balaban J connectivity index is 1.59. The van der Waals surface area contributed by atoms with Crippen LogP contribution in [0.2, 0.25) is 0 Å². The van der Waals surface area contributed by atoms with Gasteiger partial charge in [0.1, 0.15) is 6.07 Å². The highest BCUT2D eigenvalue weighted by atomic mass is 35.5. The Hall–Kier alpha value is -3.94. The van der Waals surface area contributed by atoms with E-state index < -0.39 is 5.97 Å². The Morgan fingerprint density at radius 1 is 1.21 bits per heavy atom. The average Bonchev–Trinajstić information content (AvgIpc) is 3.37. The molecule has 2 aromatic heterocycles. The maximum atomic E-state index is 12.1. The van der Waals surface area contributed by atoms with Gasteiger partial charge in [-0.05, 0) is 50.6 Å². The van der Waals surface area contributed by atoms with E-state index in [1.54, 1.807) is 26.3 Å². The number of aromatic nitrogens is 3. The molecule has 0 bridgehead atoms.